The topological polar surface area (TPSA) is 71.5 Å². The van der Waals surface area contributed by atoms with Crippen molar-refractivity contribution in [1.82, 2.24) is 9.88 Å². The van der Waals surface area contributed by atoms with E-state index in [9.17, 15) is 9.59 Å². The van der Waals surface area contributed by atoms with E-state index in [1.165, 1.54) is 0 Å². The third-order valence-electron chi connectivity index (χ3n) is 4.52. The molecule has 0 aliphatic carbocycles. The summed E-state index contributed by atoms with van der Waals surface area (Å²) in [5, 5.41) is 3.45. The second-order valence-corrected chi connectivity index (χ2v) is 7.16. The summed E-state index contributed by atoms with van der Waals surface area (Å²) in [5.41, 5.74) is 2.18. The molecule has 1 aromatic heterocycles. The summed E-state index contributed by atoms with van der Waals surface area (Å²) in [5.74, 6) is 0.135. The fraction of sp³-hybridized carbons (Fsp3) is 0.174. The Hall–Kier alpha value is -3.38. The molecular weight excluding hydrogens is 402 g/mol. The second kappa shape index (κ2) is 9.89. The number of carbonyl (C=O) groups excluding carboxylic acids is 2. The number of pyridine rings is 1. The number of carbonyl (C=O) groups is 2. The van der Waals surface area contributed by atoms with Crippen LogP contribution in [0, 0.1) is 6.92 Å². The van der Waals surface area contributed by atoms with Crippen LogP contribution in [-0.4, -0.2) is 41.9 Å². The summed E-state index contributed by atoms with van der Waals surface area (Å²) in [6.45, 7) is 2.53. The maximum atomic E-state index is 13.0. The monoisotopic (exact) mass is 423 g/mol. The molecule has 7 heteroatoms. The lowest BCUT2D eigenvalue weighted by Crippen LogP contribution is -2.32. The fourth-order valence-electron chi connectivity index (χ4n) is 2.87. The highest BCUT2D eigenvalue weighted by molar-refractivity contribution is 6.30. The van der Waals surface area contributed by atoms with Gasteiger partial charge in [-0.1, -0.05) is 29.8 Å². The molecule has 0 aliphatic rings. The third-order valence-corrected chi connectivity index (χ3v) is 4.76. The first-order valence-electron chi connectivity index (χ1n) is 9.40. The number of hydrogen-bond acceptors (Lipinski definition) is 4. The summed E-state index contributed by atoms with van der Waals surface area (Å²) in [6, 6.07) is 15.7. The minimum atomic E-state index is -0.298. The quantitative estimate of drug-likeness (QED) is 0.609. The molecule has 0 bridgehead atoms. The zero-order chi connectivity index (χ0) is 21.5. The molecule has 6 nitrogen and oxygen atoms in total. The van der Waals surface area contributed by atoms with E-state index in [1.807, 2.05) is 13.0 Å². The highest BCUT2D eigenvalue weighted by atomic mass is 35.5. The minimum Gasteiger partial charge on any atom is -0.492 e. The Balaban J connectivity index is 1.69. The molecule has 2 amide bonds. The lowest BCUT2D eigenvalue weighted by Gasteiger charge is -2.20. The van der Waals surface area contributed by atoms with Gasteiger partial charge in [0, 0.05) is 30.0 Å². The average Bonchev–Trinajstić information content (AvgIpc) is 2.75. The first kappa shape index (κ1) is 21.3. The molecule has 0 saturated carbocycles. The Kier molecular flexibility index (Phi) is 7.03. The van der Waals surface area contributed by atoms with Crippen LogP contribution < -0.4 is 10.1 Å². The van der Waals surface area contributed by atoms with Gasteiger partial charge in [0.05, 0.1) is 17.8 Å². The SMILES string of the molecule is Cc1cccc(C(=O)N(C)CCOc2cccc(Cl)c2)c1NC(=O)c1ccncc1. The molecule has 30 heavy (non-hydrogen) atoms. The molecule has 3 aromatic rings. The number of amides is 2. The number of likely N-dealkylation sites (N-methyl/N-ethyl adjacent to an activating group) is 1. The van der Waals surface area contributed by atoms with Gasteiger partial charge in [-0.15, -0.1) is 0 Å². The molecule has 1 N–H and O–H groups in total. The van der Waals surface area contributed by atoms with E-state index in [1.54, 1.807) is 72.9 Å². The molecule has 0 atom stereocenters. The summed E-state index contributed by atoms with van der Waals surface area (Å²) in [4.78, 5) is 31.1. The Morgan fingerprint density at radius 3 is 2.57 bits per heavy atom. The number of nitrogens with zero attached hydrogens (tertiary/aromatic N) is 2. The van der Waals surface area contributed by atoms with Gasteiger partial charge in [-0.25, -0.2) is 0 Å². The zero-order valence-corrected chi connectivity index (χ0v) is 17.5. The van der Waals surface area contributed by atoms with Crippen LogP contribution in [-0.2, 0) is 0 Å². The molecule has 3 rings (SSSR count). The Morgan fingerprint density at radius 1 is 1.10 bits per heavy atom. The van der Waals surface area contributed by atoms with Crippen LogP contribution in [0.15, 0.2) is 67.0 Å². The van der Waals surface area contributed by atoms with Crippen molar-refractivity contribution in [3.05, 3.63) is 88.7 Å². The summed E-state index contributed by atoms with van der Waals surface area (Å²) in [6.07, 6.45) is 3.10. The number of benzene rings is 2. The van der Waals surface area contributed by atoms with Crippen molar-refractivity contribution < 1.29 is 14.3 Å². The van der Waals surface area contributed by atoms with Crippen molar-refractivity contribution in [2.45, 2.75) is 6.92 Å². The van der Waals surface area contributed by atoms with Crippen molar-refractivity contribution in [2.24, 2.45) is 0 Å². The number of hydrogen-bond donors (Lipinski definition) is 1. The van der Waals surface area contributed by atoms with Gasteiger partial charge in [-0.2, -0.15) is 0 Å². The zero-order valence-electron chi connectivity index (χ0n) is 16.8. The molecule has 0 spiro atoms. The molecule has 0 aliphatic heterocycles. The largest absolute Gasteiger partial charge is 0.492 e. The number of para-hydroxylation sites is 1. The van der Waals surface area contributed by atoms with E-state index < -0.39 is 0 Å². The van der Waals surface area contributed by atoms with Crippen LogP contribution in [0.4, 0.5) is 5.69 Å². The maximum Gasteiger partial charge on any atom is 0.255 e. The normalized spacial score (nSPS) is 10.4. The minimum absolute atomic E-state index is 0.210. The van der Waals surface area contributed by atoms with Crippen molar-refractivity contribution >= 4 is 29.1 Å². The maximum absolute atomic E-state index is 13.0. The third kappa shape index (κ3) is 5.36. The van der Waals surface area contributed by atoms with Crippen LogP contribution in [0.25, 0.3) is 0 Å². The number of ether oxygens (including phenoxy) is 1. The van der Waals surface area contributed by atoms with Gasteiger partial charge < -0.3 is 15.0 Å². The standard InChI is InChI=1S/C23H22ClN3O3/c1-16-5-3-8-20(21(16)26-22(28)17-9-11-25-12-10-17)23(29)27(2)13-14-30-19-7-4-6-18(24)15-19/h3-12,15H,13-14H2,1-2H3,(H,26,28). The van der Waals surface area contributed by atoms with Gasteiger partial charge in [0.2, 0.25) is 0 Å². The molecule has 0 radical (unpaired) electrons. The molecule has 0 fully saturated rings. The van der Waals surface area contributed by atoms with E-state index >= 15 is 0 Å². The van der Waals surface area contributed by atoms with E-state index in [0.29, 0.717) is 40.7 Å². The summed E-state index contributed by atoms with van der Waals surface area (Å²) in [7, 11) is 1.69. The fourth-order valence-corrected chi connectivity index (χ4v) is 3.05. The van der Waals surface area contributed by atoms with Crippen LogP contribution in [0.5, 0.6) is 5.75 Å². The summed E-state index contributed by atoms with van der Waals surface area (Å²) < 4.78 is 5.67. The van der Waals surface area contributed by atoms with Gasteiger partial charge in [0.25, 0.3) is 11.8 Å². The second-order valence-electron chi connectivity index (χ2n) is 6.72. The van der Waals surface area contributed by atoms with Crippen molar-refractivity contribution in [1.29, 1.82) is 0 Å². The van der Waals surface area contributed by atoms with Crippen LogP contribution >= 0.6 is 11.6 Å². The number of rotatable bonds is 7. The Bertz CT molecular complexity index is 1040. The number of nitrogens with one attached hydrogen (secondary N) is 1. The molecule has 1 heterocycles. The van der Waals surface area contributed by atoms with Crippen LogP contribution in [0.1, 0.15) is 26.3 Å². The molecule has 0 unspecified atom stereocenters. The van der Waals surface area contributed by atoms with Gasteiger partial charge >= 0.3 is 0 Å². The van der Waals surface area contributed by atoms with Gasteiger partial charge in [0.15, 0.2) is 0 Å². The van der Waals surface area contributed by atoms with E-state index in [4.69, 9.17) is 16.3 Å². The van der Waals surface area contributed by atoms with Crippen molar-refractivity contribution in [3.63, 3.8) is 0 Å². The number of aryl methyl sites for hydroxylation is 1. The van der Waals surface area contributed by atoms with Crippen LogP contribution in [0.2, 0.25) is 5.02 Å². The molecule has 2 aromatic carbocycles. The first-order valence-corrected chi connectivity index (χ1v) is 9.78. The lowest BCUT2D eigenvalue weighted by atomic mass is 10.1. The number of aromatic nitrogens is 1. The smallest absolute Gasteiger partial charge is 0.255 e. The van der Waals surface area contributed by atoms with Gasteiger partial charge in [-0.3, -0.25) is 14.6 Å². The molecule has 154 valence electrons. The van der Waals surface area contributed by atoms with Crippen molar-refractivity contribution in [3.8, 4) is 5.75 Å². The number of anilines is 1. The predicted molar refractivity (Wildman–Crippen MR) is 117 cm³/mol. The van der Waals surface area contributed by atoms with Gasteiger partial charge in [0.1, 0.15) is 12.4 Å². The molecule has 0 saturated heterocycles. The lowest BCUT2D eigenvalue weighted by molar-refractivity contribution is 0.0774. The summed E-state index contributed by atoms with van der Waals surface area (Å²) >= 11 is 5.95. The highest BCUT2D eigenvalue weighted by Crippen LogP contribution is 2.23. The van der Waals surface area contributed by atoms with Crippen LogP contribution in [0.3, 0.4) is 0 Å². The molecular formula is C23H22ClN3O3. The van der Waals surface area contributed by atoms with Gasteiger partial charge in [-0.05, 0) is 48.9 Å². The predicted octanol–water partition coefficient (Wildman–Crippen LogP) is 4.45. The number of halogens is 1. The van der Waals surface area contributed by atoms with E-state index in [0.717, 1.165) is 5.56 Å². The Morgan fingerprint density at radius 2 is 1.83 bits per heavy atom. The van der Waals surface area contributed by atoms with E-state index in [-0.39, 0.29) is 11.8 Å². The highest BCUT2D eigenvalue weighted by Gasteiger charge is 2.19. The first-order chi connectivity index (χ1) is 14.5. The average molecular weight is 424 g/mol. The van der Waals surface area contributed by atoms with E-state index in [2.05, 4.69) is 10.3 Å². The van der Waals surface area contributed by atoms with Crippen molar-refractivity contribution in [2.75, 3.05) is 25.5 Å². The Labute approximate surface area is 180 Å².